The number of para-hydroxylation sites is 1. The molecule has 2 rings (SSSR count). The summed E-state index contributed by atoms with van der Waals surface area (Å²) in [4.78, 5) is 0. The van der Waals surface area contributed by atoms with Crippen LogP contribution >= 0.6 is 0 Å². The highest BCUT2D eigenvalue weighted by atomic mass is 16.5. The summed E-state index contributed by atoms with van der Waals surface area (Å²) in [6, 6.07) is 10.3. The largest absolute Gasteiger partial charge is 0.377 e. The monoisotopic (exact) mass is 273 g/mol. The lowest BCUT2D eigenvalue weighted by atomic mass is 10.1. The van der Waals surface area contributed by atoms with Crippen molar-refractivity contribution < 1.29 is 4.74 Å². The average Bonchev–Trinajstić information content (AvgIpc) is 2.94. The minimum Gasteiger partial charge on any atom is -0.377 e. The molecule has 20 heavy (non-hydrogen) atoms. The van der Waals surface area contributed by atoms with Crippen molar-refractivity contribution >= 4 is 0 Å². The molecule has 0 spiro atoms. The van der Waals surface area contributed by atoms with Crippen LogP contribution in [0.2, 0.25) is 0 Å². The first-order chi connectivity index (χ1) is 9.70. The van der Waals surface area contributed by atoms with Gasteiger partial charge in [-0.05, 0) is 32.5 Å². The van der Waals surface area contributed by atoms with E-state index in [9.17, 15) is 0 Å². The van der Waals surface area contributed by atoms with Crippen molar-refractivity contribution in [2.45, 2.75) is 32.9 Å². The molecular weight excluding hydrogens is 250 g/mol. The highest BCUT2D eigenvalue weighted by Crippen LogP contribution is 2.15. The zero-order chi connectivity index (χ0) is 14.4. The number of benzene rings is 1. The number of rotatable bonds is 7. The van der Waals surface area contributed by atoms with Crippen molar-refractivity contribution in [1.29, 1.82) is 0 Å². The van der Waals surface area contributed by atoms with Gasteiger partial charge in [0.2, 0.25) is 0 Å². The molecule has 1 heterocycles. The Morgan fingerprint density at radius 3 is 2.65 bits per heavy atom. The minimum atomic E-state index is 0.180. The van der Waals surface area contributed by atoms with Crippen molar-refractivity contribution in [1.82, 2.24) is 15.1 Å². The maximum atomic E-state index is 5.73. The topological polar surface area (TPSA) is 39.1 Å². The molecule has 1 unspecified atom stereocenters. The van der Waals surface area contributed by atoms with E-state index in [4.69, 9.17) is 4.74 Å². The molecule has 0 saturated heterocycles. The highest BCUT2D eigenvalue weighted by Gasteiger charge is 2.14. The fourth-order valence-electron chi connectivity index (χ4n) is 2.05. The molecule has 0 saturated carbocycles. The summed E-state index contributed by atoms with van der Waals surface area (Å²) in [5.41, 5.74) is 2.22. The smallest absolute Gasteiger partial charge is 0.0666 e. The number of nitrogens with one attached hydrogen (secondary N) is 1. The van der Waals surface area contributed by atoms with Crippen LogP contribution < -0.4 is 5.32 Å². The summed E-state index contributed by atoms with van der Waals surface area (Å²) in [5, 5.41) is 7.88. The van der Waals surface area contributed by atoms with Crippen LogP contribution in [-0.4, -0.2) is 29.0 Å². The first-order valence-electron chi connectivity index (χ1n) is 7.15. The zero-order valence-electron chi connectivity index (χ0n) is 12.4. The molecule has 0 aliphatic carbocycles. The Balaban J connectivity index is 2.12. The van der Waals surface area contributed by atoms with Crippen molar-refractivity contribution in [2.24, 2.45) is 0 Å². The predicted molar refractivity (Wildman–Crippen MR) is 81.1 cm³/mol. The van der Waals surface area contributed by atoms with E-state index in [1.54, 1.807) is 0 Å². The third kappa shape index (κ3) is 3.92. The van der Waals surface area contributed by atoms with Gasteiger partial charge in [-0.15, -0.1) is 0 Å². The second-order valence-corrected chi connectivity index (χ2v) is 5.05. The molecule has 0 fully saturated rings. The lowest BCUT2D eigenvalue weighted by Crippen LogP contribution is -2.26. The molecule has 108 valence electrons. The van der Waals surface area contributed by atoms with E-state index in [1.807, 2.05) is 41.2 Å². The molecule has 0 aliphatic heterocycles. The van der Waals surface area contributed by atoms with Crippen LogP contribution in [0.15, 0.2) is 42.7 Å². The van der Waals surface area contributed by atoms with Gasteiger partial charge in [0.15, 0.2) is 0 Å². The van der Waals surface area contributed by atoms with E-state index in [0.717, 1.165) is 17.8 Å². The first kappa shape index (κ1) is 14.8. The molecule has 1 atom stereocenters. The third-order valence-electron chi connectivity index (χ3n) is 3.07. The Bertz CT molecular complexity index is 507. The van der Waals surface area contributed by atoms with Gasteiger partial charge in [-0.1, -0.05) is 25.1 Å². The molecule has 1 N–H and O–H groups in total. The molecule has 0 aliphatic rings. The van der Waals surface area contributed by atoms with Gasteiger partial charge < -0.3 is 10.1 Å². The molecule has 2 aromatic rings. The quantitative estimate of drug-likeness (QED) is 0.843. The molecule has 4 heteroatoms. The lowest BCUT2D eigenvalue weighted by molar-refractivity contribution is 0.0614. The summed E-state index contributed by atoms with van der Waals surface area (Å²) in [6.07, 6.45) is 4.21. The van der Waals surface area contributed by atoms with Crippen LogP contribution in [0.25, 0.3) is 5.69 Å². The van der Waals surface area contributed by atoms with E-state index >= 15 is 0 Å². The Labute approximate surface area is 120 Å². The summed E-state index contributed by atoms with van der Waals surface area (Å²) < 4.78 is 7.62. The van der Waals surface area contributed by atoms with Crippen LogP contribution in [0.1, 0.15) is 32.4 Å². The second-order valence-electron chi connectivity index (χ2n) is 5.05. The predicted octanol–water partition coefficient (Wildman–Crippen LogP) is 2.95. The fraction of sp³-hybridized carbons (Fsp3) is 0.438. The van der Waals surface area contributed by atoms with Gasteiger partial charge in [0.05, 0.1) is 30.6 Å². The van der Waals surface area contributed by atoms with Crippen LogP contribution in [-0.2, 0) is 4.74 Å². The van der Waals surface area contributed by atoms with Crippen molar-refractivity contribution in [3.8, 4) is 5.69 Å². The maximum absolute atomic E-state index is 5.73. The number of ether oxygens (including phenoxy) is 1. The molecule has 0 bridgehead atoms. The first-order valence-corrected chi connectivity index (χ1v) is 7.15. The molecule has 0 radical (unpaired) electrons. The molecule has 0 amide bonds. The lowest BCUT2D eigenvalue weighted by Gasteiger charge is -2.18. The van der Waals surface area contributed by atoms with Gasteiger partial charge in [0.1, 0.15) is 0 Å². The standard InChI is InChI=1S/C16H23N3O/c1-4-17-16(12-20-13(2)3)14-10-18-19(11-14)15-8-6-5-7-9-15/h5-11,13,16-17H,4,12H2,1-3H3. The summed E-state index contributed by atoms with van der Waals surface area (Å²) in [6.45, 7) is 7.77. The van der Waals surface area contributed by atoms with E-state index in [-0.39, 0.29) is 12.1 Å². The van der Waals surface area contributed by atoms with Gasteiger partial charge in [-0.2, -0.15) is 5.10 Å². The number of nitrogens with zero attached hydrogens (tertiary/aromatic N) is 2. The Kier molecular flexibility index (Phi) is 5.32. The van der Waals surface area contributed by atoms with E-state index in [1.165, 1.54) is 0 Å². The Morgan fingerprint density at radius 2 is 2.00 bits per heavy atom. The van der Waals surface area contributed by atoms with Crippen molar-refractivity contribution in [3.05, 3.63) is 48.3 Å². The minimum absolute atomic E-state index is 0.180. The Hall–Kier alpha value is -1.65. The van der Waals surface area contributed by atoms with Gasteiger partial charge in [0.25, 0.3) is 0 Å². The Morgan fingerprint density at radius 1 is 1.25 bits per heavy atom. The zero-order valence-corrected chi connectivity index (χ0v) is 12.4. The van der Waals surface area contributed by atoms with Crippen LogP contribution in [0, 0.1) is 0 Å². The van der Waals surface area contributed by atoms with E-state index in [0.29, 0.717) is 6.61 Å². The third-order valence-corrected chi connectivity index (χ3v) is 3.07. The van der Waals surface area contributed by atoms with Crippen LogP contribution in [0.5, 0.6) is 0 Å². The molecule has 4 nitrogen and oxygen atoms in total. The number of likely N-dealkylation sites (N-methyl/N-ethyl adjacent to an activating group) is 1. The average molecular weight is 273 g/mol. The summed E-state index contributed by atoms with van der Waals surface area (Å²) in [5.74, 6) is 0. The van der Waals surface area contributed by atoms with E-state index in [2.05, 4.69) is 37.4 Å². The number of hydrogen-bond acceptors (Lipinski definition) is 3. The van der Waals surface area contributed by atoms with Crippen LogP contribution in [0.4, 0.5) is 0 Å². The van der Waals surface area contributed by atoms with Crippen molar-refractivity contribution in [2.75, 3.05) is 13.2 Å². The van der Waals surface area contributed by atoms with Gasteiger partial charge in [-0.3, -0.25) is 0 Å². The van der Waals surface area contributed by atoms with Gasteiger partial charge >= 0.3 is 0 Å². The second kappa shape index (κ2) is 7.22. The summed E-state index contributed by atoms with van der Waals surface area (Å²) in [7, 11) is 0. The highest BCUT2D eigenvalue weighted by molar-refractivity contribution is 5.31. The normalized spacial score (nSPS) is 12.8. The number of aromatic nitrogens is 2. The molecule has 1 aromatic carbocycles. The molecule has 1 aromatic heterocycles. The van der Waals surface area contributed by atoms with Gasteiger partial charge in [-0.25, -0.2) is 4.68 Å². The van der Waals surface area contributed by atoms with E-state index < -0.39 is 0 Å². The van der Waals surface area contributed by atoms with Gasteiger partial charge in [0, 0.05) is 11.8 Å². The number of hydrogen-bond donors (Lipinski definition) is 1. The van der Waals surface area contributed by atoms with Crippen molar-refractivity contribution in [3.63, 3.8) is 0 Å². The summed E-state index contributed by atoms with van der Waals surface area (Å²) >= 11 is 0. The maximum Gasteiger partial charge on any atom is 0.0666 e. The molecular formula is C16H23N3O. The van der Waals surface area contributed by atoms with Crippen LogP contribution in [0.3, 0.4) is 0 Å². The fourth-order valence-corrected chi connectivity index (χ4v) is 2.05. The SMILES string of the molecule is CCNC(COC(C)C)c1cnn(-c2ccccc2)c1.